The van der Waals surface area contributed by atoms with Crippen molar-refractivity contribution in [1.29, 1.82) is 0 Å². The van der Waals surface area contributed by atoms with Crippen LogP contribution in [0.2, 0.25) is 0 Å². The van der Waals surface area contributed by atoms with Crippen molar-refractivity contribution >= 4 is 34.5 Å². The van der Waals surface area contributed by atoms with Crippen molar-refractivity contribution < 1.29 is 9.21 Å². The van der Waals surface area contributed by atoms with E-state index in [1.54, 1.807) is 0 Å². The number of benzene rings is 2. The van der Waals surface area contributed by atoms with E-state index >= 15 is 0 Å². The third-order valence-corrected chi connectivity index (χ3v) is 5.06. The summed E-state index contributed by atoms with van der Waals surface area (Å²) in [6, 6.07) is 14.0. The van der Waals surface area contributed by atoms with E-state index in [1.807, 2.05) is 29.2 Å². The average Bonchev–Trinajstić information content (AvgIpc) is 3.01. The van der Waals surface area contributed by atoms with E-state index in [4.69, 9.17) is 4.42 Å². The predicted molar refractivity (Wildman–Crippen MR) is 96.6 cm³/mol. The maximum absolute atomic E-state index is 12.7. The van der Waals surface area contributed by atoms with Gasteiger partial charge in [-0.15, -0.1) is 0 Å². The number of nitrogens with zero attached hydrogens (tertiary/aromatic N) is 2. The molecule has 1 aromatic heterocycles. The Morgan fingerprint density at radius 3 is 3.04 bits per heavy atom. The lowest BCUT2D eigenvalue weighted by atomic mass is 10.00. The van der Waals surface area contributed by atoms with Crippen molar-refractivity contribution in [3.63, 3.8) is 0 Å². The lowest BCUT2D eigenvalue weighted by molar-refractivity contribution is -0.116. The third kappa shape index (κ3) is 2.91. The fourth-order valence-electron chi connectivity index (χ4n) is 3.10. The van der Waals surface area contributed by atoms with Gasteiger partial charge in [0, 0.05) is 12.2 Å². The average molecular weight is 338 g/mol. The Balaban J connectivity index is 1.49. The van der Waals surface area contributed by atoms with E-state index in [-0.39, 0.29) is 5.91 Å². The van der Waals surface area contributed by atoms with Crippen LogP contribution in [0.4, 0.5) is 5.69 Å². The molecule has 1 aliphatic heterocycles. The Hall–Kier alpha value is -2.27. The summed E-state index contributed by atoms with van der Waals surface area (Å²) >= 11 is 1.36. The standard InChI is InChI=1S/C19H18N2O2S/c1-13-8-9-16-14(11-13)5-4-10-21(16)18(22)12-24-19-20-15-6-2-3-7-17(15)23-19/h2-3,6-9,11H,4-5,10,12H2,1H3. The first-order chi connectivity index (χ1) is 11.7. The van der Waals surface area contributed by atoms with Crippen molar-refractivity contribution in [2.75, 3.05) is 17.2 Å². The number of carbonyl (C=O) groups excluding carboxylic acids is 1. The predicted octanol–water partition coefficient (Wildman–Crippen LogP) is 4.21. The first-order valence-corrected chi connectivity index (χ1v) is 9.07. The van der Waals surface area contributed by atoms with Gasteiger partial charge in [-0.1, -0.05) is 41.6 Å². The van der Waals surface area contributed by atoms with Crippen LogP contribution in [0.15, 0.2) is 52.1 Å². The molecule has 0 aliphatic carbocycles. The molecule has 3 aromatic rings. The highest BCUT2D eigenvalue weighted by atomic mass is 32.2. The van der Waals surface area contributed by atoms with E-state index in [0.29, 0.717) is 11.0 Å². The Bertz CT molecular complexity index is 870. The van der Waals surface area contributed by atoms with Gasteiger partial charge in [0.15, 0.2) is 5.58 Å². The molecule has 122 valence electrons. The molecule has 0 atom stereocenters. The molecule has 4 rings (SSSR count). The van der Waals surface area contributed by atoms with Crippen LogP contribution in [0.3, 0.4) is 0 Å². The summed E-state index contributed by atoms with van der Waals surface area (Å²) in [6.07, 6.45) is 2.05. The molecule has 0 unspecified atom stereocenters. The molecule has 0 N–H and O–H groups in total. The number of hydrogen-bond donors (Lipinski definition) is 0. The lowest BCUT2D eigenvalue weighted by Crippen LogP contribution is -2.36. The van der Waals surface area contributed by atoms with Crippen LogP contribution in [0.25, 0.3) is 11.1 Å². The number of hydrogen-bond acceptors (Lipinski definition) is 4. The fourth-order valence-corrected chi connectivity index (χ4v) is 3.81. The number of oxazole rings is 1. The Morgan fingerprint density at radius 1 is 1.29 bits per heavy atom. The zero-order chi connectivity index (χ0) is 16.5. The molecule has 2 aromatic carbocycles. The summed E-state index contributed by atoms with van der Waals surface area (Å²) in [5.74, 6) is 0.437. The second kappa shape index (κ2) is 6.32. The summed E-state index contributed by atoms with van der Waals surface area (Å²) in [5, 5.41) is 0.547. The normalized spacial score (nSPS) is 14.0. The van der Waals surface area contributed by atoms with Crippen molar-refractivity contribution in [3.05, 3.63) is 53.6 Å². The van der Waals surface area contributed by atoms with Gasteiger partial charge in [0.1, 0.15) is 5.52 Å². The summed E-state index contributed by atoms with van der Waals surface area (Å²) in [7, 11) is 0. The monoisotopic (exact) mass is 338 g/mol. The van der Waals surface area contributed by atoms with Crippen LogP contribution in [0.1, 0.15) is 17.5 Å². The van der Waals surface area contributed by atoms with E-state index in [0.717, 1.165) is 36.2 Å². The van der Waals surface area contributed by atoms with Gasteiger partial charge in [-0.25, -0.2) is 4.98 Å². The van der Waals surface area contributed by atoms with Gasteiger partial charge >= 0.3 is 0 Å². The summed E-state index contributed by atoms with van der Waals surface area (Å²) in [4.78, 5) is 19.0. The summed E-state index contributed by atoms with van der Waals surface area (Å²) < 4.78 is 5.67. The molecule has 0 bridgehead atoms. The van der Waals surface area contributed by atoms with Gasteiger partial charge in [-0.2, -0.15) is 0 Å². The number of para-hydroxylation sites is 2. The highest BCUT2D eigenvalue weighted by Crippen LogP contribution is 2.29. The summed E-state index contributed by atoms with van der Waals surface area (Å²) in [6.45, 7) is 2.87. The first-order valence-electron chi connectivity index (χ1n) is 8.09. The number of amides is 1. The quantitative estimate of drug-likeness (QED) is 0.671. The first kappa shape index (κ1) is 15.3. The van der Waals surface area contributed by atoms with Crippen LogP contribution < -0.4 is 4.90 Å². The minimum Gasteiger partial charge on any atom is -0.431 e. The zero-order valence-electron chi connectivity index (χ0n) is 13.5. The van der Waals surface area contributed by atoms with Crippen molar-refractivity contribution in [2.24, 2.45) is 0 Å². The van der Waals surface area contributed by atoms with Crippen LogP contribution in [0, 0.1) is 6.92 Å². The number of carbonyl (C=O) groups is 1. The zero-order valence-corrected chi connectivity index (χ0v) is 14.3. The molecule has 0 saturated carbocycles. The largest absolute Gasteiger partial charge is 0.431 e. The number of anilines is 1. The highest BCUT2D eigenvalue weighted by molar-refractivity contribution is 7.99. The van der Waals surface area contributed by atoms with E-state index < -0.39 is 0 Å². The van der Waals surface area contributed by atoms with E-state index in [2.05, 4.69) is 30.1 Å². The number of aryl methyl sites for hydroxylation is 2. The topological polar surface area (TPSA) is 46.3 Å². The van der Waals surface area contributed by atoms with Crippen molar-refractivity contribution in [2.45, 2.75) is 25.0 Å². The molecule has 0 radical (unpaired) electrons. The fraction of sp³-hybridized carbons (Fsp3) is 0.263. The van der Waals surface area contributed by atoms with Crippen LogP contribution in [0.5, 0.6) is 0 Å². The number of fused-ring (bicyclic) bond motifs is 2. The van der Waals surface area contributed by atoms with Crippen molar-refractivity contribution in [3.8, 4) is 0 Å². The Kier molecular flexibility index (Phi) is 4.02. The second-order valence-electron chi connectivity index (χ2n) is 6.02. The van der Waals surface area contributed by atoms with Gasteiger partial charge in [-0.3, -0.25) is 4.79 Å². The number of rotatable bonds is 3. The highest BCUT2D eigenvalue weighted by Gasteiger charge is 2.23. The minimum absolute atomic E-state index is 0.104. The van der Waals surface area contributed by atoms with E-state index in [9.17, 15) is 4.79 Å². The van der Waals surface area contributed by atoms with Crippen LogP contribution in [-0.4, -0.2) is 23.2 Å². The third-order valence-electron chi connectivity index (χ3n) is 4.25. The number of thioether (sulfide) groups is 1. The molecule has 5 heteroatoms. The SMILES string of the molecule is Cc1ccc2c(c1)CCCN2C(=O)CSc1nc2ccccc2o1. The molecular formula is C19H18N2O2S. The Morgan fingerprint density at radius 2 is 2.17 bits per heavy atom. The summed E-state index contributed by atoms with van der Waals surface area (Å²) in [5.41, 5.74) is 5.14. The smallest absolute Gasteiger partial charge is 0.257 e. The molecule has 4 nitrogen and oxygen atoms in total. The lowest BCUT2D eigenvalue weighted by Gasteiger charge is -2.29. The van der Waals surface area contributed by atoms with Crippen LogP contribution >= 0.6 is 11.8 Å². The Labute approximate surface area is 144 Å². The van der Waals surface area contributed by atoms with Crippen molar-refractivity contribution in [1.82, 2.24) is 4.98 Å². The second-order valence-corrected chi connectivity index (χ2v) is 6.94. The maximum Gasteiger partial charge on any atom is 0.257 e. The maximum atomic E-state index is 12.7. The molecule has 0 fully saturated rings. The number of aromatic nitrogens is 1. The molecule has 2 heterocycles. The van der Waals surface area contributed by atoms with Gasteiger partial charge in [0.05, 0.1) is 5.75 Å². The molecule has 0 saturated heterocycles. The molecule has 0 spiro atoms. The van der Waals surface area contributed by atoms with Crippen LogP contribution in [-0.2, 0) is 11.2 Å². The molecule has 1 amide bonds. The van der Waals surface area contributed by atoms with Gasteiger partial charge < -0.3 is 9.32 Å². The van der Waals surface area contributed by atoms with E-state index in [1.165, 1.54) is 22.9 Å². The van der Waals surface area contributed by atoms with Gasteiger partial charge in [0.25, 0.3) is 5.22 Å². The van der Waals surface area contributed by atoms with Gasteiger partial charge in [-0.05, 0) is 43.5 Å². The molecule has 1 aliphatic rings. The molecular weight excluding hydrogens is 320 g/mol. The minimum atomic E-state index is 0.104. The van der Waals surface area contributed by atoms with Gasteiger partial charge in [0.2, 0.25) is 5.91 Å². The molecule has 24 heavy (non-hydrogen) atoms.